The Morgan fingerprint density at radius 3 is 2.68 bits per heavy atom. The van der Waals surface area contributed by atoms with Crippen LogP contribution >= 0.6 is 0 Å². The van der Waals surface area contributed by atoms with Crippen LogP contribution in [-0.4, -0.2) is 23.2 Å². The Hall–Kier alpha value is -3.14. The largest absolute Gasteiger partial charge is 0.485 e. The van der Waals surface area contributed by atoms with Crippen LogP contribution in [0.2, 0.25) is 0 Å². The zero-order valence-corrected chi connectivity index (χ0v) is 12.1. The molecule has 0 amide bonds. The number of nitrogens with zero attached hydrogens (tertiary/aromatic N) is 3. The van der Waals surface area contributed by atoms with Crippen molar-refractivity contribution in [1.82, 2.24) is 10.1 Å². The second kappa shape index (κ2) is 7.04. The number of benzene rings is 1. The first-order valence-corrected chi connectivity index (χ1v) is 6.34. The van der Waals surface area contributed by atoms with Crippen molar-refractivity contribution in [3.63, 3.8) is 0 Å². The Morgan fingerprint density at radius 1 is 1.41 bits per heavy atom. The smallest absolute Gasteiger partial charge is 0.348 e. The van der Waals surface area contributed by atoms with E-state index in [0.29, 0.717) is 23.0 Å². The van der Waals surface area contributed by atoms with Gasteiger partial charge in [-0.25, -0.2) is 4.79 Å². The Bertz CT molecular complexity index is 726. The summed E-state index contributed by atoms with van der Waals surface area (Å²) in [6.45, 7) is 1.89. The summed E-state index contributed by atoms with van der Waals surface area (Å²) in [7, 11) is 1.23. The number of methoxy groups -OCH3 is 1. The van der Waals surface area contributed by atoms with Crippen molar-refractivity contribution in [2.24, 2.45) is 0 Å². The van der Waals surface area contributed by atoms with Gasteiger partial charge in [0.05, 0.1) is 7.11 Å². The van der Waals surface area contributed by atoms with Gasteiger partial charge < -0.3 is 14.0 Å². The molecule has 1 aromatic carbocycles. The maximum absolute atomic E-state index is 11.3. The molecular weight excluding hydrogens is 286 g/mol. The molecule has 2 rings (SSSR count). The number of rotatable bonds is 5. The third-order valence-electron chi connectivity index (χ3n) is 2.65. The normalized spacial score (nSPS) is 10.9. The molecule has 0 spiro atoms. The second-order valence-corrected chi connectivity index (χ2v) is 4.25. The third kappa shape index (κ3) is 3.93. The van der Waals surface area contributed by atoms with Gasteiger partial charge in [0.1, 0.15) is 17.4 Å². The van der Waals surface area contributed by atoms with Gasteiger partial charge in [-0.1, -0.05) is 17.3 Å². The number of carbonyl (C=O) groups excluding carboxylic acids is 1. The average molecular weight is 299 g/mol. The molecule has 0 aliphatic heterocycles. The average Bonchev–Trinajstić information content (AvgIpc) is 2.96. The molecule has 0 unspecified atom stereocenters. The summed E-state index contributed by atoms with van der Waals surface area (Å²) in [6.07, 6.45) is 1.44. The van der Waals surface area contributed by atoms with E-state index in [1.807, 2.05) is 0 Å². The van der Waals surface area contributed by atoms with E-state index in [4.69, 9.17) is 14.5 Å². The standard InChI is InChI=1S/C15H13N3O4/c1-10-17-14(18-22-10)9-21-13-5-3-11(4-6-13)7-12(8-16)15(19)20-2/h3-7H,9H2,1-2H3. The van der Waals surface area contributed by atoms with E-state index < -0.39 is 5.97 Å². The van der Waals surface area contributed by atoms with Crippen LogP contribution in [0.4, 0.5) is 0 Å². The van der Waals surface area contributed by atoms with Crippen molar-refractivity contribution in [3.8, 4) is 11.8 Å². The number of carbonyl (C=O) groups is 1. The summed E-state index contributed by atoms with van der Waals surface area (Å²) < 4.78 is 14.8. The minimum absolute atomic E-state index is 0.0709. The number of hydrogen-bond acceptors (Lipinski definition) is 7. The summed E-state index contributed by atoms with van der Waals surface area (Å²) in [4.78, 5) is 15.3. The van der Waals surface area contributed by atoms with Crippen molar-refractivity contribution in [2.75, 3.05) is 7.11 Å². The maximum atomic E-state index is 11.3. The molecule has 1 aromatic heterocycles. The number of nitriles is 1. The molecule has 0 atom stereocenters. The Labute approximate surface area is 126 Å². The van der Waals surface area contributed by atoms with Crippen LogP contribution in [0.1, 0.15) is 17.3 Å². The minimum Gasteiger partial charge on any atom is -0.485 e. The first-order valence-electron chi connectivity index (χ1n) is 6.34. The van der Waals surface area contributed by atoms with Gasteiger partial charge in [-0.15, -0.1) is 0 Å². The summed E-state index contributed by atoms with van der Waals surface area (Å²) in [5.41, 5.74) is 0.614. The van der Waals surface area contributed by atoms with Gasteiger partial charge in [0.15, 0.2) is 6.61 Å². The molecule has 112 valence electrons. The number of hydrogen-bond donors (Lipinski definition) is 0. The van der Waals surface area contributed by atoms with Crippen molar-refractivity contribution in [1.29, 1.82) is 5.26 Å². The Morgan fingerprint density at radius 2 is 2.14 bits per heavy atom. The zero-order chi connectivity index (χ0) is 15.9. The second-order valence-electron chi connectivity index (χ2n) is 4.25. The molecule has 0 aliphatic carbocycles. The SMILES string of the molecule is COC(=O)C(C#N)=Cc1ccc(OCc2noc(C)n2)cc1. The molecule has 0 aliphatic rings. The Balaban J connectivity index is 2.02. The summed E-state index contributed by atoms with van der Waals surface area (Å²) in [6, 6.07) is 8.66. The van der Waals surface area contributed by atoms with Crippen molar-refractivity contribution < 1.29 is 18.8 Å². The van der Waals surface area contributed by atoms with Crippen molar-refractivity contribution in [2.45, 2.75) is 13.5 Å². The van der Waals surface area contributed by atoms with E-state index >= 15 is 0 Å². The molecule has 0 N–H and O–H groups in total. The molecule has 7 nitrogen and oxygen atoms in total. The fraction of sp³-hybridized carbons (Fsp3) is 0.200. The predicted molar refractivity (Wildman–Crippen MR) is 75.4 cm³/mol. The first-order chi connectivity index (χ1) is 10.6. The van der Waals surface area contributed by atoms with Gasteiger partial charge in [-0.3, -0.25) is 0 Å². The lowest BCUT2D eigenvalue weighted by molar-refractivity contribution is -0.135. The first kappa shape index (κ1) is 15.3. The lowest BCUT2D eigenvalue weighted by atomic mass is 10.1. The van der Waals surface area contributed by atoms with Crippen LogP contribution in [0.25, 0.3) is 6.08 Å². The van der Waals surface area contributed by atoms with E-state index in [-0.39, 0.29) is 12.2 Å². The van der Waals surface area contributed by atoms with Gasteiger partial charge in [0.2, 0.25) is 11.7 Å². The highest BCUT2D eigenvalue weighted by molar-refractivity contribution is 5.97. The maximum Gasteiger partial charge on any atom is 0.348 e. The van der Waals surface area contributed by atoms with Gasteiger partial charge in [0.25, 0.3) is 0 Å². The molecule has 1 heterocycles. The van der Waals surface area contributed by atoms with Gasteiger partial charge in [-0.05, 0) is 23.8 Å². The number of esters is 1. The molecule has 0 bridgehead atoms. The number of ether oxygens (including phenoxy) is 2. The lowest BCUT2D eigenvalue weighted by Gasteiger charge is -2.03. The highest BCUT2D eigenvalue weighted by Gasteiger charge is 2.08. The van der Waals surface area contributed by atoms with Gasteiger partial charge >= 0.3 is 5.97 Å². The summed E-state index contributed by atoms with van der Waals surface area (Å²) >= 11 is 0. The fourth-order valence-electron chi connectivity index (χ4n) is 1.62. The summed E-state index contributed by atoms with van der Waals surface area (Å²) in [5.74, 6) is 0.872. The third-order valence-corrected chi connectivity index (χ3v) is 2.65. The van der Waals surface area contributed by atoms with E-state index in [0.717, 1.165) is 0 Å². The molecule has 22 heavy (non-hydrogen) atoms. The van der Waals surface area contributed by atoms with Crippen molar-refractivity contribution in [3.05, 3.63) is 47.1 Å². The quantitative estimate of drug-likeness (QED) is 0.473. The molecule has 0 fully saturated rings. The highest BCUT2D eigenvalue weighted by atomic mass is 16.5. The number of aryl methyl sites for hydroxylation is 1. The summed E-state index contributed by atoms with van der Waals surface area (Å²) in [5, 5.41) is 12.6. The van der Waals surface area contributed by atoms with E-state index in [2.05, 4.69) is 14.9 Å². The number of aromatic nitrogens is 2. The highest BCUT2D eigenvalue weighted by Crippen LogP contribution is 2.16. The minimum atomic E-state index is -0.671. The van der Waals surface area contributed by atoms with Crippen LogP contribution < -0.4 is 4.74 Å². The van der Waals surface area contributed by atoms with Crippen LogP contribution in [0.5, 0.6) is 5.75 Å². The van der Waals surface area contributed by atoms with Gasteiger partial charge in [0, 0.05) is 6.92 Å². The van der Waals surface area contributed by atoms with Crippen LogP contribution in [-0.2, 0) is 16.1 Å². The van der Waals surface area contributed by atoms with E-state index in [9.17, 15) is 4.79 Å². The van der Waals surface area contributed by atoms with Gasteiger partial charge in [-0.2, -0.15) is 10.2 Å². The molecule has 2 aromatic rings. The Kier molecular flexibility index (Phi) is 4.88. The predicted octanol–water partition coefficient (Wildman–Crippen LogP) is 2.04. The van der Waals surface area contributed by atoms with Crippen molar-refractivity contribution >= 4 is 12.0 Å². The topological polar surface area (TPSA) is 98.2 Å². The van der Waals surface area contributed by atoms with Crippen LogP contribution in [0.3, 0.4) is 0 Å². The molecule has 7 heteroatoms. The van der Waals surface area contributed by atoms with Crippen LogP contribution in [0.15, 0.2) is 34.4 Å². The molecule has 0 saturated carbocycles. The zero-order valence-electron chi connectivity index (χ0n) is 12.1. The van der Waals surface area contributed by atoms with Crippen LogP contribution in [0, 0.1) is 18.3 Å². The van der Waals surface area contributed by atoms with E-state index in [1.54, 1.807) is 37.3 Å². The van der Waals surface area contributed by atoms with E-state index in [1.165, 1.54) is 13.2 Å². The molecule has 0 radical (unpaired) electrons. The molecule has 0 saturated heterocycles. The monoisotopic (exact) mass is 299 g/mol. The lowest BCUT2D eigenvalue weighted by Crippen LogP contribution is -2.02. The molecular formula is C15H13N3O4. The fourth-order valence-corrected chi connectivity index (χ4v) is 1.62.